The lowest BCUT2D eigenvalue weighted by Crippen LogP contribution is -2.20. The summed E-state index contributed by atoms with van der Waals surface area (Å²) in [6, 6.07) is 5.69. The summed E-state index contributed by atoms with van der Waals surface area (Å²) in [5, 5.41) is 2.69. The Morgan fingerprint density at radius 3 is 2.94 bits per heavy atom. The minimum atomic E-state index is -0.0260. The molecular formula is C13H16N2O. The van der Waals surface area contributed by atoms with E-state index in [1.165, 1.54) is 6.92 Å². The van der Waals surface area contributed by atoms with Gasteiger partial charge in [-0.2, -0.15) is 0 Å². The molecule has 0 aliphatic heterocycles. The van der Waals surface area contributed by atoms with E-state index >= 15 is 0 Å². The van der Waals surface area contributed by atoms with Crippen molar-refractivity contribution in [2.45, 2.75) is 20.3 Å². The highest BCUT2D eigenvalue weighted by Gasteiger charge is 1.96. The zero-order valence-electron chi connectivity index (χ0n) is 9.63. The molecule has 0 atom stereocenters. The Morgan fingerprint density at radius 1 is 1.50 bits per heavy atom. The monoisotopic (exact) mass is 216 g/mol. The summed E-state index contributed by atoms with van der Waals surface area (Å²) in [7, 11) is 0. The van der Waals surface area contributed by atoms with Crippen molar-refractivity contribution in [3.05, 3.63) is 29.3 Å². The van der Waals surface area contributed by atoms with E-state index in [9.17, 15) is 4.79 Å². The van der Waals surface area contributed by atoms with Crippen molar-refractivity contribution in [3.63, 3.8) is 0 Å². The third-order valence-corrected chi connectivity index (χ3v) is 2.22. The van der Waals surface area contributed by atoms with E-state index < -0.39 is 0 Å². The first kappa shape index (κ1) is 12.1. The summed E-state index contributed by atoms with van der Waals surface area (Å²) in [5.41, 5.74) is 8.48. The van der Waals surface area contributed by atoms with Crippen LogP contribution in [0.15, 0.2) is 18.2 Å². The minimum Gasteiger partial charge on any atom is -0.398 e. The van der Waals surface area contributed by atoms with Gasteiger partial charge in [0.25, 0.3) is 0 Å². The van der Waals surface area contributed by atoms with Crippen LogP contribution in [0.25, 0.3) is 0 Å². The van der Waals surface area contributed by atoms with E-state index in [1.54, 1.807) is 0 Å². The molecule has 0 aliphatic carbocycles. The van der Waals surface area contributed by atoms with Gasteiger partial charge in [0, 0.05) is 31.1 Å². The summed E-state index contributed by atoms with van der Waals surface area (Å²) in [6.07, 6.45) is 0.647. The van der Waals surface area contributed by atoms with Crippen LogP contribution in [0.1, 0.15) is 24.5 Å². The lowest BCUT2D eigenvalue weighted by atomic mass is 10.1. The number of hydrogen-bond donors (Lipinski definition) is 2. The number of nitrogens with one attached hydrogen (secondary N) is 1. The van der Waals surface area contributed by atoms with Gasteiger partial charge in [0.2, 0.25) is 5.91 Å². The van der Waals surface area contributed by atoms with Crippen molar-refractivity contribution < 1.29 is 4.79 Å². The van der Waals surface area contributed by atoms with Crippen molar-refractivity contribution in [2.24, 2.45) is 0 Å². The van der Waals surface area contributed by atoms with Gasteiger partial charge in [-0.1, -0.05) is 17.9 Å². The molecule has 1 aromatic rings. The van der Waals surface area contributed by atoms with E-state index in [0.29, 0.717) is 13.0 Å². The molecule has 84 valence electrons. The van der Waals surface area contributed by atoms with E-state index in [0.717, 1.165) is 16.8 Å². The SMILES string of the molecule is CC(=O)NCCC#Cc1cccc(N)c1C. The molecule has 3 nitrogen and oxygen atoms in total. The molecule has 1 aromatic carbocycles. The van der Waals surface area contributed by atoms with Crippen molar-refractivity contribution >= 4 is 11.6 Å². The smallest absolute Gasteiger partial charge is 0.216 e. The van der Waals surface area contributed by atoms with Crippen LogP contribution in [-0.2, 0) is 4.79 Å². The Balaban J connectivity index is 2.56. The third kappa shape index (κ3) is 3.66. The van der Waals surface area contributed by atoms with Gasteiger partial charge in [0.1, 0.15) is 0 Å². The van der Waals surface area contributed by atoms with E-state index in [-0.39, 0.29) is 5.91 Å². The molecule has 0 saturated carbocycles. The van der Waals surface area contributed by atoms with Crippen LogP contribution < -0.4 is 11.1 Å². The lowest BCUT2D eigenvalue weighted by molar-refractivity contribution is -0.118. The molecule has 0 saturated heterocycles. The zero-order chi connectivity index (χ0) is 12.0. The summed E-state index contributed by atoms with van der Waals surface area (Å²) >= 11 is 0. The number of nitrogens with two attached hydrogens (primary N) is 1. The zero-order valence-corrected chi connectivity index (χ0v) is 9.63. The van der Waals surface area contributed by atoms with Gasteiger partial charge >= 0.3 is 0 Å². The number of nitrogen functional groups attached to an aromatic ring is 1. The number of benzene rings is 1. The van der Waals surface area contributed by atoms with Gasteiger partial charge in [-0.05, 0) is 24.6 Å². The fourth-order valence-corrected chi connectivity index (χ4v) is 1.25. The second-order valence-corrected chi connectivity index (χ2v) is 3.55. The molecule has 0 aromatic heterocycles. The molecule has 1 amide bonds. The van der Waals surface area contributed by atoms with Gasteiger partial charge in [0.05, 0.1) is 0 Å². The Hall–Kier alpha value is -1.95. The molecule has 1 rings (SSSR count). The quantitative estimate of drug-likeness (QED) is 0.446. The number of rotatable bonds is 2. The van der Waals surface area contributed by atoms with Gasteiger partial charge < -0.3 is 11.1 Å². The summed E-state index contributed by atoms with van der Waals surface area (Å²) < 4.78 is 0. The van der Waals surface area contributed by atoms with E-state index in [2.05, 4.69) is 17.2 Å². The number of anilines is 1. The van der Waals surface area contributed by atoms with Crippen molar-refractivity contribution in [3.8, 4) is 11.8 Å². The first-order valence-electron chi connectivity index (χ1n) is 5.19. The summed E-state index contributed by atoms with van der Waals surface area (Å²) in [4.78, 5) is 10.6. The molecule has 0 spiro atoms. The van der Waals surface area contributed by atoms with Crippen LogP contribution in [0.3, 0.4) is 0 Å². The highest BCUT2D eigenvalue weighted by molar-refractivity contribution is 5.72. The van der Waals surface area contributed by atoms with Crippen LogP contribution in [-0.4, -0.2) is 12.5 Å². The Morgan fingerprint density at radius 2 is 2.25 bits per heavy atom. The van der Waals surface area contributed by atoms with E-state index in [4.69, 9.17) is 5.73 Å². The van der Waals surface area contributed by atoms with Gasteiger partial charge in [-0.15, -0.1) is 0 Å². The molecular weight excluding hydrogens is 200 g/mol. The van der Waals surface area contributed by atoms with Crippen LogP contribution in [0.4, 0.5) is 5.69 Å². The standard InChI is InChI=1S/C13H16N2O/c1-10-12(7-5-8-13(10)14)6-3-4-9-15-11(2)16/h5,7-8H,4,9,14H2,1-2H3,(H,15,16). The van der Waals surface area contributed by atoms with Crippen LogP contribution >= 0.6 is 0 Å². The number of carbonyl (C=O) groups excluding carboxylic acids is 1. The highest BCUT2D eigenvalue weighted by atomic mass is 16.1. The highest BCUT2D eigenvalue weighted by Crippen LogP contribution is 2.13. The molecule has 3 heteroatoms. The first-order chi connectivity index (χ1) is 7.61. The minimum absolute atomic E-state index is 0.0260. The van der Waals surface area contributed by atoms with Gasteiger partial charge in [-0.3, -0.25) is 4.79 Å². The molecule has 0 fully saturated rings. The van der Waals surface area contributed by atoms with Crippen molar-refractivity contribution in [2.75, 3.05) is 12.3 Å². The van der Waals surface area contributed by atoms with E-state index in [1.807, 2.05) is 25.1 Å². The average molecular weight is 216 g/mol. The maximum absolute atomic E-state index is 10.6. The van der Waals surface area contributed by atoms with Crippen LogP contribution in [0.5, 0.6) is 0 Å². The molecule has 0 aliphatic rings. The van der Waals surface area contributed by atoms with Crippen LogP contribution in [0.2, 0.25) is 0 Å². The predicted octanol–water partition coefficient (Wildman–Crippen LogP) is 1.45. The molecule has 0 heterocycles. The first-order valence-corrected chi connectivity index (χ1v) is 5.19. The Bertz CT molecular complexity index is 441. The number of carbonyl (C=O) groups is 1. The average Bonchev–Trinajstić information content (AvgIpc) is 2.23. The largest absolute Gasteiger partial charge is 0.398 e. The van der Waals surface area contributed by atoms with Gasteiger partial charge in [0.15, 0.2) is 0 Å². The normalized spacial score (nSPS) is 9.12. The number of hydrogen-bond acceptors (Lipinski definition) is 2. The predicted molar refractivity (Wildman–Crippen MR) is 65.8 cm³/mol. The molecule has 3 N–H and O–H groups in total. The second kappa shape index (κ2) is 5.82. The Labute approximate surface area is 96.0 Å². The lowest BCUT2D eigenvalue weighted by Gasteiger charge is -2.01. The molecule has 0 unspecified atom stereocenters. The summed E-state index contributed by atoms with van der Waals surface area (Å²) in [5.74, 6) is 6.03. The summed E-state index contributed by atoms with van der Waals surface area (Å²) in [6.45, 7) is 4.03. The second-order valence-electron chi connectivity index (χ2n) is 3.55. The molecule has 0 radical (unpaired) electrons. The third-order valence-electron chi connectivity index (χ3n) is 2.22. The van der Waals surface area contributed by atoms with Gasteiger partial charge in [-0.25, -0.2) is 0 Å². The van der Waals surface area contributed by atoms with Crippen LogP contribution in [0, 0.1) is 18.8 Å². The fourth-order valence-electron chi connectivity index (χ4n) is 1.25. The maximum Gasteiger partial charge on any atom is 0.216 e. The molecule has 16 heavy (non-hydrogen) atoms. The van der Waals surface area contributed by atoms with Crippen molar-refractivity contribution in [1.29, 1.82) is 0 Å². The number of amides is 1. The topological polar surface area (TPSA) is 55.1 Å². The Kier molecular flexibility index (Phi) is 4.41. The fraction of sp³-hybridized carbons (Fsp3) is 0.308. The van der Waals surface area contributed by atoms with Crippen molar-refractivity contribution in [1.82, 2.24) is 5.32 Å². The molecule has 0 bridgehead atoms. The maximum atomic E-state index is 10.6.